The predicted molar refractivity (Wildman–Crippen MR) is 187 cm³/mol. The third-order valence-corrected chi connectivity index (χ3v) is 10.2. The van der Waals surface area contributed by atoms with Gasteiger partial charge in [0.25, 0.3) is 0 Å². The summed E-state index contributed by atoms with van der Waals surface area (Å²) >= 11 is 0. The van der Waals surface area contributed by atoms with Crippen molar-refractivity contribution >= 4 is 0 Å². The maximum Gasteiger partial charge on any atom is 0.173 e. The summed E-state index contributed by atoms with van der Waals surface area (Å²) in [6.07, 6.45) is 40.6. The second kappa shape index (κ2) is 25.0. The molecule has 2 heterocycles. The van der Waals surface area contributed by atoms with Crippen molar-refractivity contribution in [3.05, 3.63) is 0 Å². The Balaban J connectivity index is 1.40. The van der Waals surface area contributed by atoms with Crippen LogP contribution in [0.3, 0.4) is 0 Å². The normalized spacial score (nSPS) is 21.9. The zero-order valence-electron chi connectivity index (χ0n) is 30.0. The van der Waals surface area contributed by atoms with Crippen LogP contribution in [0.2, 0.25) is 0 Å². The third-order valence-electron chi connectivity index (χ3n) is 10.2. The van der Waals surface area contributed by atoms with Crippen molar-refractivity contribution < 1.29 is 14.2 Å². The van der Waals surface area contributed by atoms with Crippen LogP contribution in [0, 0.1) is 11.8 Å². The lowest BCUT2D eigenvalue weighted by atomic mass is 9.95. The highest BCUT2D eigenvalue weighted by molar-refractivity contribution is 4.86. The molecule has 2 fully saturated rings. The Morgan fingerprint density at radius 3 is 0.837 bits per heavy atom. The van der Waals surface area contributed by atoms with Crippen LogP contribution in [0.4, 0.5) is 0 Å². The Bertz CT molecular complexity index is 555. The van der Waals surface area contributed by atoms with E-state index < -0.39 is 0 Å². The maximum atomic E-state index is 6.69. The summed E-state index contributed by atoms with van der Waals surface area (Å²) in [4.78, 5) is 0. The van der Waals surface area contributed by atoms with Crippen molar-refractivity contribution in [1.82, 2.24) is 0 Å². The van der Waals surface area contributed by atoms with E-state index in [9.17, 15) is 0 Å². The van der Waals surface area contributed by atoms with Crippen molar-refractivity contribution in [3.8, 4) is 0 Å². The molecule has 43 heavy (non-hydrogen) atoms. The molecule has 3 nitrogen and oxygen atoms in total. The molecule has 0 aliphatic carbocycles. The minimum Gasteiger partial charge on any atom is -0.349 e. The molecular formula is C40H78O3. The van der Waals surface area contributed by atoms with Crippen LogP contribution in [0.15, 0.2) is 0 Å². The fourth-order valence-corrected chi connectivity index (χ4v) is 7.09. The van der Waals surface area contributed by atoms with E-state index >= 15 is 0 Å². The van der Waals surface area contributed by atoms with E-state index in [-0.39, 0.29) is 11.6 Å². The monoisotopic (exact) mass is 607 g/mol. The van der Waals surface area contributed by atoms with Crippen LogP contribution in [-0.4, -0.2) is 24.8 Å². The minimum absolute atomic E-state index is 0.343. The molecule has 0 amide bonds. The first kappa shape index (κ1) is 39.1. The van der Waals surface area contributed by atoms with Gasteiger partial charge in [-0.15, -0.1) is 0 Å². The van der Waals surface area contributed by atoms with Gasteiger partial charge in [-0.2, -0.15) is 0 Å². The molecule has 0 aromatic heterocycles. The van der Waals surface area contributed by atoms with Crippen LogP contribution < -0.4 is 0 Å². The van der Waals surface area contributed by atoms with E-state index in [1.165, 1.54) is 167 Å². The quantitative estimate of drug-likeness (QED) is 0.0713. The summed E-state index contributed by atoms with van der Waals surface area (Å²) in [5.74, 6) is 1.07. The van der Waals surface area contributed by atoms with Crippen molar-refractivity contribution in [2.75, 3.05) is 13.2 Å². The summed E-state index contributed by atoms with van der Waals surface area (Å²) in [7, 11) is 0. The van der Waals surface area contributed by atoms with E-state index in [1.807, 2.05) is 0 Å². The molecule has 2 saturated heterocycles. The fourth-order valence-electron chi connectivity index (χ4n) is 7.09. The van der Waals surface area contributed by atoms with Gasteiger partial charge in [0.05, 0.1) is 13.2 Å². The molecule has 0 aromatic rings. The molecule has 0 saturated carbocycles. The van der Waals surface area contributed by atoms with Crippen molar-refractivity contribution in [1.29, 1.82) is 0 Å². The van der Waals surface area contributed by atoms with Gasteiger partial charge in [0, 0.05) is 25.7 Å². The molecule has 2 unspecified atom stereocenters. The average Bonchev–Trinajstić information content (AvgIpc) is 2.93. The Kier molecular flexibility index (Phi) is 22.7. The molecule has 0 N–H and O–H groups in total. The first-order valence-corrected chi connectivity index (χ1v) is 19.9. The van der Waals surface area contributed by atoms with Gasteiger partial charge in [-0.25, -0.2) is 0 Å². The van der Waals surface area contributed by atoms with Gasteiger partial charge in [0.1, 0.15) is 0 Å². The van der Waals surface area contributed by atoms with Crippen LogP contribution >= 0.6 is 0 Å². The Hall–Kier alpha value is -0.120. The molecule has 256 valence electrons. The van der Waals surface area contributed by atoms with Gasteiger partial charge >= 0.3 is 0 Å². The predicted octanol–water partition coefficient (Wildman–Crippen LogP) is 13.5. The number of unbranched alkanes of at least 4 members (excludes halogenated alkanes) is 22. The third kappa shape index (κ3) is 19.9. The minimum atomic E-state index is -0.343. The lowest BCUT2D eigenvalue weighted by molar-refractivity contribution is -0.432. The van der Waals surface area contributed by atoms with Crippen LogP contribution in [0.25, 0.3) is 0 Å². The Morgan fingerprint density at radius 2 is 0.628 bits per heavy atom. The first-order valence-electron chi connectivity index (χ1n) is 19.9. The molecule has 0 spiro atoms. The standard InChI is InChI=1S/C40H78O3/c1-37(2)29-25-21-17-13-9-5-7-11-15-19-23-27-31-39(33-35-41-39)43-40(34-36-42-40)32-28-24-20-16-12-8-6-10-14-18-22-26-30-38(3)4/h37-38H,5-36H2,1-4H3. The van der Waals surface area contributed by atoms with E-state index in [0.29, 0.717) is 0 Å². The number of rotatable bonds is 32. The highest BCUT2D eigenvalue weighted by atomic mass is 16.8. The zero-order valence-corrected chi connectivity index (χ0v) is 30.0. The molecule has 2 aliphatic heterocycles. The second-order valence-corrected chi connectivity index (χ2v) is 15.5. The van der Waals surface area contributed by atoms with E-state index in [2.05, 4.69) is 27.7 Å². The van der Waals surface area contributed by atoms with Gasteiger partial charge in [0.2, 0.25) is 0 Å². The van der Waals surface area contributed by atoms with E-state index in [4.69, 9.17) is 14.2 Å². The zero-order chi connectivity index (χ0) is 30.9. The second-order valence-electron chi connectivity index (χ2n) is 15.5. The SMILES string of the molecule is CC(C)CCCCCCCCCCCCCCC1(OC2(CCCCCCCCCCCCCCC(C)C)CCO2)CCO1. The smallest absolute Gasteiger partial charge is 0.173 e. The summed E-state index contributed by atoms with van der Waals surface area (Å²) in [6.45, 7) is 11.1. The van der Waals surface area contributed by atoms with Gasteiger partial charge in [0.15, 0.2) is 11.6 Å². The molecule has 0 bridgehead atoms. The number of hydrogen-bond donors (Lipinski definition) is 0. The maximum absolute atomic E-state index is 6.69. The molecule has 3 heteroatoms. The molecule has 2 rings (SSSR count). The number of hydrogen-bond acceptors (Lipinski definition) is 3. The molecule has 2 aliphatic rings. The van der Waals surface area contributed by atoms with Crippen LogP contribution in [0.1, 0.15) is 220 Å². The summed E-state index contributed by atoms with van der Waals surface area (Å²) in [6, 6.07) is 0. The largest absolute Gasteiger partial charge is 0.349 e. The summed E-state index contributed by atoms with van der Waals surface area (Å²) in [5, 5.41) is 0. The number of ether oxygens (including phenoxy) is 3. The summed E-state index contributed by atoms with van der Waals surface area (Å²) in [5.41, 5.74) is 0. The molecule has 0 aromatic carbocycles. The van der Waals surface area contributed by atoms with Crippen LogP contribution in [0.5, 0.6) is 0 Å². The van der Waals surface area contributed by atoms with Crippen molar-refractivity contribution in [3.63, 3.8) is 0 Å². The van der Waals surface area contributed by atoms with Gasteiger partial charge in [-0.3, -0.25) is 0 Å². The average molecular weight is 607 g/mol. The summed E-state index contributed by atoms with van der Waals surface area (Å²) < 4.78 is 18.9. The lowest BCUT2D eigenvalue weighted by Crippen LogP contribution is -2.57. The molecule has 2 atom stereocenters. The van der Waals surface area contributed by atoms with Gasteiger partial charge < -0.3 is 14.2 Å². The van der Waals surface area contributed by atoms with Crippen molar-refractivity contribution in [2.24, 2.45) is 11.8 Å². The highest BCUT2D eigenvalue weighted by Crippen LogP contribution is 2.44. The molecular weight excluding hydrogens is 528 g/mol. The first-order chi connectivity index (χ1) is 21.0. The highest BCUT2D eigenvalue weighted by Gasteiger charge is 2.50. The van der Waals surface area contributed by atoms with E-state index in [1.54, 1.807) is 0 Å². The van der Waals surface area contributed by atoms with Crippen LogP contribution in [-0.2, 0) is 14.2 Å². The lowest BCUT2D eigenvalue weighted by Gasteiger charge is -2.51. The molecule has 0 radical (unpaired) electrons. The topological polar surface area (TPSA) is 27.7 Å². The van der Waals surface area contributed by atoms with Crippen molar-refractivity contribution in [2.45, 2.75) is 232 Å². The Morgan fingerprint density at radius 1 is 0.395 bits per heavy atom. The van der Waals surface area contributed by atoms with Gasteiger partial charge in [-0.1, -0.05) is 182 Å². The van der Waals surface area contributed by atoms with Gasteiger partial charge in [-0.05, 0) is 24.7 Å². The Labute approximate surface area is 270 Å². The fraction of sp³-hybridized carbons (Fsp3) is 1.00. The van der Waals surface area contributed by atoms with E-state index in [0.717, 1.165) is 50.7 Å².